The largest absolute Gasteiger partial charge is 0.416 e. The molecule has 0 N–H and O–H groups in total. The van der Waals surface area contributed by atoms with Crippen molar-refractivity contribution in [2.75, 3.05) is 26.2 Å². The van der Waals surface area contributed by atoms with Crippen molar-refractivity contribution in [2.24, 2.45) is 0 Å². The van der Waals surface area contributed by atoms with Gasteiger partial charge in [0.2, 0.25) is 5.91 Å². The summed E-state index contributed by atoms with van der Waals surface area (Å²) in [5, 5.41) is 0. The number of amides is 1. The second kappa shape index (κ2) is 7.60. The third kappa shape index (κ3) is 4.63. The van der Waals surface area contributed by atoms with Crippen LogP contribution in [0, 0.1) is 0 Å². The van der Waals surface area contributed by atoms with E-state index in [1.165, 1.54) is 31.1 Å². The first-order chi connectivity index (χ1) is 11.9. The number of hydrogen-bond donors (Lipinski definition) is 0. The molecule has 0 aliphatic carbocycles. The van der Waals surface area contributed by atoms with Crippen molar-refractivity contribution in [3.05, 3.63) is 41.5 Å². The molecular weight excluding hydrogens is 329 g/mol. The van der Waals surface area contributed by atoms with E-state index in [4.69, 9.17) is 0 Å². The molecule has 1 unspecified atom stereocenters. The smallest absolute Gasteiger partial charge is 0.335 e. The van der Waals surface area contributed by atoms with Gasteiger partial charge in [-0.3, -0.25) is 4.79 Å². The van der Waals surface area contributed by atoms with Crippen LogP contribution in [0.15, 0.2) is 30.3 Å². The number of nitrogens with zero attached hydrogens (tertiary/aromatic N) is 2. The Hall–Kier alpha value is -1.82. The fraction of sp³-hybridized carbons (Fsp3) is 0.526. The van der Waals surface area contributed by atoms with Crippen molar-refractivity contribution in [1.82, 2.24) is 9.80 Å². The lowest BCUT2D eigenvalue weighted by molar-refractivity contribution is -0.137. The number of benzene rings is 1. The standard InChI is InChI=1S/C19H23F3N2O/c20-19(21,22)16-8-5-15(6-9-16)7-10-18(25)24-13-3-4-17(24)14-23-11-1-2-12-23/h5-10,17H,1-4,11-14H2/b10-7+. The van der Waals surface area contributed by atoms with Gasteiger partial charge < -0.3 is 9.80 Å². The molecule has 0 radical (unpaired) electrons. The lowest BCUT2D eigenvalue weighted by Crippen LogP contribution is -2.41. The minimum atomic E-state index is -4.34. The van der Waals surface area contributed by atoms with Crippen LogP contribution < -0.4 is 0 Å². The summed E-state index contributed by atoms with van der Waals surface area (Å²) >= 11 is 0. The minimum absolute atomic E-state index is 0.0541. The fourth-order valence-electron chi connectivity index (χ4n) is 3.63. The van der Waals surface area contributed by atoms with Crippen LogP contribution in [0.1, 0.15) is 36.8 Å². The Balaban J connectivity index is 1.59. The molecular formula is C19H23F3N2O. The molecule has 6 heteroatoms. The van der Waals surface area contributed by atoms with E-state index in [1.807, 2.05) is 4.90 Å². The number of alkyl halides is 3. The van der Waals surface area contributed by atoms with Crippen LogP contribution in [-0.2, 0) is 11.0 Å². The van der Waals surface area contributed by atoms with E-state index in [-0.39, 0.29) is 11.9 Å². The van der Waals surface area contributed by atoms with Gasteiger partial charge in [-0.15, -0.1) is 0 Å². The maximum absolute atomic E-state index is 12.6. The van der Waals surface area contributed by atoms with Gasteiger partial charge in [0.25, 0.3) is 0 Å². The van der Waals surface area contributed by atoms with Gasteiger partial charge in [0, 0.05) is 25.2 Å². The highest BCUT2D eigenvalue weighted by Gasteiger charge is 2.30. The van der Waals surface area contributed by atoms with Gasteiger partial charge in [-0.2, -0.15) is 13.2 Å². The van der Waals surface area contributed by atoms with Crippen LogP contribution >= 0.6 is 0 Å². The topological polar surface area (TPSA) is 23.6 Å². The molecule has 1 atom stereocenters. The van der Waals surface area contributed by atoms with E-state index < -0.39 is 11.7 Å². The predicted molar refractivity (Wildman–Crippen MR) is 90.9 cm³/mol. The minimum Gasteiger partial charge on any atom is -0.335 e. The van der Waals surface area contributed by atoms with E-state index >= 15 is 0 Å². The number of carbonyl (C=O) groups excluding carboxylic acids is 1. The van der Waals surface area contributed by atoms with Crippen molar-refractivity contribution in [3.8, 4) is 0 Å². The second-order valence-corrected chi connectivity index (χ2v) is 6.79. The first-order valence-electron chi connectivity index (χ1n) is 8.82. The van der Waals surface area contributed by atoms with Gasteiger partial charge in [-0.05, 0) is 62.5 Å². The van der Waals surface area contributed by atoms with Crippen molar-refractivity contribution in [2.45, 2.75) is 37.9 Å². The summed E-state index contributed by atoms with van der Waals surface area (Å²) in [6.07, 6.45) is 3.23. The Bertz CT molecular complexity index is 619. The lowest BCUT2D eigenvalue weighted by Gasteiger charge is -2.27. The molecule has 1 amide bonds. The zero-order valence-corrected chi connectivity index (χ0v) is 14.1. The molecule has 2 fully saturated rings. The summed E-state index contributed by atoms with van der Waals surface area (Å²) in [6, 6.07) is 5.10. The molecule has 0 spiro atoms. The molecule has 0 aromatic heterocycles. The molecule has 25 heavy (non-hydrogen) atoms. The number of rotatable bonds is 4. The number of hydrogen-bond acceptors (Lipinski definition) is 2. The average molecular weight is 352 g/mol. The number of halogens is 3. The number of carbonyl (C=O) groups is 1. The van der Waals surface area contributed by atoms with Crippen LogP contribution in [-0.4, -0.2) is 47.9 Å². The van der Waals surface area contributed by atoms with E-state index in [2.05, 4.69) is 4.90 Å². The van der Waals surface area contributed by atoms with E-state index in [9.17, 15) is 18.0 Å². The Kier molecular flexibility index (Phi) is 5.47. The molecule has 2 aliphatic rings. The van der Waals surface area contributed by atoms with Gasteiger partial charge in [-0.1, -0.05) is 12.1 Å². The SMILES string of the molecule is O=C(/C=C/c1ccc(C(F)(F)F)cc1)N1CCCC1CN1CCCC1. The van der Waals surface area contributed by atoms with Crippen molar-refractivity contribution in [3.63, 3.8) is 0 Å². The summed E-state index contributed by atoms with van der Waals surface area (Å²) in [4.78, 5) is 16.8. The van der Waals surface area contributed by atoms with Crippen molar-refractivity contribution < 1.29 is 18.0 Å². The molecule has 0 bridgehead atoms. The molecule has 136 valence electrons. The average Bonchev–Trinajstić information content (AvgIpc) is 3.24. The second-order valence-electron chi connectivity index (χ2n) is 6.79. The third-order valence-corrected chi connectivity index (χ3v) is 4.98. The Morgan fingerprint density at radius 1 is 1.08 bits per heavy atom. The summed E-state index contributed by atoms with van der Waals surface area (Å²) in [5.41, 5.74) is -0.0853. The molecule has 3 nitrogen and oxygen atoms in total. The van der Waals surface area contributed by atoms with Crippen molar-refractivity contribution >= 4 is 12.0 Å². The zero-order valence-electron chi connectivity index (χ0n) is 14.1. The van der Waals surface area contributed by atoms with E-state index in [0.717, 1.165) is 51.2 Å². The van der Waals surface area contributed by atoms with Crippen molar-refractivity contribution in [1.29, 1.82) is 0 Å². The Morgan fingerprint density at radius 3 is 2.40 bits per heavy atom. The molecule has 3 rings (SSSR count). The quantitative estimate of drug-likeness (QED) is 0.770. The summed E-state index contributed by atoms with van der Waals surface area (Å²) in [6.45, 7) is 3.91. The van der Waals surface area contributed by atoms with Crippen LogP contribution in [0.25, 0.3) is 6.08 Å². The first-order valence-corrected chi connectivity index (χ1v) is 8.82. The molecule has 0 saturated carbocycles. The van der Waals surface area contributed by atoms with E-state index in [1.54, 1.807) is 6.08 Å². The van der Waals surface area contributed by atoms with Gasteiger partial charge in [-0.25, -0.2) is 0 Å². The maximum Gasteiger partial charge on any atom is 0.416 e. The molecule has 1 aromatic carbocycles. The summed E-state index contributed by atoms with van der Waals surface area (Å²) in [5.74, 6) is -0.0541. The highest BCUT2D eigenvalue weighted by Crippen LogP contribution is 2.29. The fourth-order valence-corrected chi connectivity index (χ4v) is 3.63. The highest BCUT2D eigenvalue weighted by molar-refractivity contribution is 5.92. The molecule has 2 aliphatic heterocycles. The summed E-state index contributed by atoms with van der Waals surface area (Å²) in [7, 11) is 0. The first kappa shape index (κ1) is 18.0. The monoisotopic (exact) mass is 352 g/mol. The van der Waals surface area contributed by atoms with Gasteiger partial charge >= 0.3 is 6.18 Å². The van der Waals surface area contributed by atoms with Gasteiger partial charge in [0.05, 0.1) is 5.56 Å². The molecule has 2 saturated heterocycles. The van der Waals surface area contributed by atoms with Gasteiger partial charge in [0.15, 0.2) is 0 Å². The Labute approximate surface area is 146 Å². The summed E-state index contributed by atoms with van der Waals surface area (Å²) < 4.78 is 37.7. The van der Waals surface area contributed by atoms with Crippen LogP contribution in [0.4, 0.5) is 13.2 Å². The third-order valence-electron chi connectivity index (χ3n) is 4.98. The lowest BCUT2D eigenvalue weighted by atomic mass is 10.1. The normalized spacial score (nSPS) is 22.2. The number of likely N-dealkylation sites (tertiary alicyclic amines) is 2. The van der Waals surface area contributed by atoms with Crippen LogP contribution in [0.3, 0.4) is 0 Å². The zero-order chi connectivity index (χ0) is 17.9. The van der Waals surface area contributed by atoms with Crippen LogP contribution in [0.5, 0.6) is 0 Å². The maximum atomic E-state index is 12.6. The van der Waals surface area contributed by atoms with Gasteiger partial charge in [0.1, 0.15) is 0 Å². The highest BCUT2D eigenvalue weighted by atomic mass is 19.4. The predicted octanol–water partition coefficient (Wildman–Crippen LogP) is 3.81. The molecule has 1 aromatic rings. The Morgan fingerprint density at radius 2 is 1.76 bits per heavy atom. The molecule has 2 heterocycles. The van der Waals surface area contributed by atoms with E-state index in [0.29, 0.717) is 5.56 Å². The van der Waals surface area contributed by atoms with Crippen LogP contribution in [0.2, 0.25) is 0 Å².